The van der Waals surface area contributed by atoms with Gasteiger partial charge in [-0.2, -0.15) is 0 Å². The third-order valence-corrected chi connectivity index (χ3v) is 3.63. The van der Waals surface area contributed by atoms with E-state index in [2.05, 4.69) is 10.6 Å². The average Bonchev–Trinajstić information content (AvgIpc) is 2.57. The molecule has 0 aliphatic heterocycles. The summed E-state index contributed by atoms with van der Waals surface area (Å²) in [4.78, 5) is 24.0. The van der Waals surface area contributed by atoms with Gasteiger partial charge < -0.3 is 15.4 Å². The summed E-state index contributed by atoms with van der Waals surface area (Å²) in [7, 11) is 1.55. The van der Waals surface area contributed by atoms with Crippen LogP contribution < -0.4 is 15.4 Å². The Hall–Kier alpha value is -2.82. The highest BCUT2D eigenvalue weighted by atomic mass is 16.5. The molecule has 0 aliphatic carbocycles. The Bertz CT molecular complexity index is 741. The van der Waals surface area contributed by atoms with E-state index in [4.69, 9.17) is 4.74 Å². The van der Waals surface area contributed by atoms with Crippen molar-refractivity contribution in [2.24, 2.45) is 0 Å². The van der Waals surface area contributed by atoms with Gasteiger partial charge in [-0.25, -0.2) is 0 Å². The van der Waals surface area contributed by atoms with Gasteiger partial charge in [0, 0.05) is 24.2 Å². The summed E-state index contributed by atoms with van der Waals surface area (Å²) in [5.41, 5.74) is 3.47. The Morgan fingerprint density at radius 3 is 2.58 bits per heavy atom. The Kier molecular flexibility index (Phi) is 5.95. The predicted molar refractivity (Wildman–Crippen MR) is 94.5 cm³/mol. The second-order valence-corrected chi connectivity index (χ2v) is 5.60. The molecule has 2 amide bonds. The number of aryl methyl sites for hydroxylation is 2. The zero-order valence-corrected chi connectivity index (χ0v) is 14.2. The van der Waals surface area contributed by atoms with Gasteiger partial charge in [0.1, 0.15) is 5.75 Å². The number of amides is 2. The third-order valence-electron chi connectivity index (χ3n) is 3.63. The van der Waals surface area contributed by atoms with Gasteiger partial charge in [0.2, 0.25) is 5.91 Å². The molecule has 0 spiro atoms. The molecule has 0 heterocycles. The first-order chi connectivity index (χ1) is 11.5. The number of methoxy groups -OCH3 is 1. The van der Waals surface area contributed by atoms with Gasteiger partial charge in [0.25, 0.3) is 5.91 Å². The fraction of sp³-hybridized carbons (Fsp3) is 0.263. The molecule has 0 bridgehead atoms. The van der Waals surface area contributed by atoms with Gasteiger partial charge in [-0.05, 0) is 43.7 Å². The van der Waals surface area contributed by atoms with Crippen molar-refractivity contribution < 1.29 is 14.3 Å². The summed E-state index contributed by atoms with van der Waals surface area (Å²) in [6, 6.07) is 12.7. The number of nitrogens with one attached hydrogen (secondary N) is 2. The summed E-state index contributed by atoms with van der Waals surface area (Å²) in [6.45, 7) is 4.23. The normalized spacial score (nSPS) is 10.1. The molecule has 5 heteroatoms. The van der Waals surface area contributed by atoms with Crippen LogP contribution in [0.25, 0.3) is 0 Å². The van der Waals surface area contributed by atoms with Crippen LogP contribution in [0.3, 0.4) is 0 Å². The van der Waals surface area contributed by atoms with Crippen molar-refractivity contribution in [3.63, 3.8) is 0 Å². The van der Waals surface area contributed by atoms with E-state index in [1.54, 1.807) is 31.4 Å². The maximum Gasteiger partial charge on any atom is 0.251 e. The molecule has 0 radical (unpaired) electrons. The topological polar surface area (TPSA) is 67.4 Å². The van der Waals surface area contributed by atoms with Crippen LogP contribution in [-0.2, 0) is 4.79 Å². The van der Waals surface area contributed by atoms with Gasteiger partial charge in [0.15, 0.2) is 0 Å². The molecule has 0 atom stereocenters. The summed E-state index contributed by atoms with van der Waals surface area (Å²) in [6.07, 6.45) is 0.211. The van der Waals surface area contributed by atoms with Crippen molar-refractivity contribution >= 4 is 17.5 Å². The Morgan fingerprint density at radius 2 is 1.88 bits per heavy atom. The molecule has 0 aliphatic rings. The molecule has 2 aromatic carbocycles. The summed E-state index contributed by atoms with van der Waals surface area (Å²) >= 11 is 0. The highest BCUT2D eigenvalue weighted by molar-refractivity contribution is 5.95. The minimum atomic E-state index is -0.229. The van der Waals surface area contributed by atoms with Crippen molar-refractivity contribution in [1.29, 1.82) is 0 Å². The molecule has 5 nitrogen and oxygen atoms in total. The second kappa shape index (κ2) is 8.15. The molecular formula is C19H22N2O3. The molecular weight excluding hydrogens is 304 g/mol. The number of hydrogen-bond donors (Lipinski definition) is 2. The van der Waals surface area contributed by atoms with Crippen molar-refractivity contribution in [2.45, 2.75) is 20.3 Å². The van der Waals surface area contributed by atoms with E-state index in [1.165, 1.54) is 0 Å². The first-order valence-electron chi connectivity index (χ1n) is 7.79. The standard InChI is InChI=1S/C19H22N2O3/c1-13-7-8-17(14(2)11-13)21-18(22)9-10-20-19(23)15-5-4-6-16(12-15)24-3/h4-8,11-12H,9-10H2,1-3H3,(H,20,23)(H,21,22). The van der Waals surface area contributed by atoms with Crippen molar-refractivity contribution in [1.82, 2.24) is 5.32 Å². The summed E-state index contributed by atoms with van der Waals surface area (Å²) in [5.74, 6) is 0.261. The zero-order chi connectivity index (χ0) is 17.5. The van der Waals surface area contributed by atoms with Crippen LogP contribution >= 0.6 is 0 Å². The first-order valence-corrected chi connectivity index (χ1v) is 7.79. The lowest BCUT2D eigenvalue weighted by atomic mass is 10.1. The third kappa shape index (κ3) is 4.84. The highest BCUT2D eigenvalue weighted by Crippen LogP contribution is 2.16. The number of rotatable bonds is 6. The second-order valence-electron chi connectivity index (χ2n) is 5.60. The monoisotopic (exact) mass is 326 g/mol. The number of hydrogen-bond acceptors (Lipinski definition) is 3. The summed E-state index contributed by atoms with van der Waals surface area (Å²) in [5, 5.41) is 5.59. The number of carbonyl (C=O) groups is 2. The largest absolute Gasteiger partial charge is 0.497 e. The fourth-order valence-corrected chi connectivity index (χ4v) is 2.32. The van der Waals surface area contributed by atoms with Gasteiger partial charge in [-0.1, -0.05) is 23.8 Å². The van der Waals surface area contributed by atoms with Gasteiger partial charge in [-0.15, -0.1) is 0 Å². The number of ether oxygens (including phenoxy) is 1. The SMILES string of the molecule is COc1cccc(C(=O)NCCC(=O)Nc2ccc(C)cc2C)c1. The minimum Gasteiger partial charge on any atom is -0.497 e. The van der Waals surface area contributed by atoms with Crippen molar-refractivity contribution in [3.05, 3.63) is 59.2 Å². The lowest BCUT2D eigenvalue weighted by molar-refractivity contribution is -0.116. The number of benzene rings is 2. The van der Waals surface area contributed by atoms with Crippen molar-refractivity contribution in [2.75, 3.05) is 19.0 Å². The van der Waals surface area contributed by atoms with E-state index in [0.29, 0.717) is 11.3 Å². The molecule has 0 fully saturated rings. The predicted octanol–water partition coefficient (Wildman–Crippen LogP) is 3.07. The lowest BCUT2D eigenvalue weighted by Crippen LogP contribution is -2.27. The zero-order valence-electron chi connectivity index (χ0n) is 14.2. The van der Waals surface area contributed by atoms with Crippen LogP contribution in [0.4, 0.5) is 5.69 Å². The molecule has 0 unspecified atom stereocenters. The Morgan fingerprint density at radius 1 is 1.08 bits per heavy atom. The van der Waals surface area contributed by atoms with Crippen LogP contribution in [0.5, 0.6) is 5.75 Å². The van der Waals surface area contributed by atoms with E-state index in [9.17, 15) is 9.59 Å². The molecule has 2 aromatic rings. The maximum atomic E-state index is 12.0. The first kappa shape index (κ1) is 17.5. The van der Waals surface area contributed by atoms with Gasteiger partial charge >= 0.3 is 0 Å². The molecule has 0 saturated heterocycles. The van der Waals surface area contributed by atoms with E-state index >= 15 is 0 Å². The average molecular weight is 326 g/mol. The van der Waals surface area contributed by atoms with Crippen molar-refractivity contribution in [3.8, 4) is 5.75 Å². The molecule has 0 saturated carbocycles. The Labute approximate surface area is 142 Å². The van der Waals surface area contributed by atoms with Crippen LogP contribution in [0.1, 0.15) is 27.9 Å². The van der Waals surface area contributed by atoms with Crippen LogP contribution in [0.2, 0.25) is 0 Å². The Balaban J connectivity index is 1.82. The van der Waals surface area contributed by atoms with E-state index in [-0.39, 0.29) is 24.8 Å². The fourth-order valence-electron chi connectivity index (χ4n) is 2.32. The van der Waals surface area contributed by atoms with Gasteiger partial charge in [0.05, 0.1) is 7.11 Å². The highest BCUT2D eigenvalue weighted by Gasteiger charge is 2.08. The van der Waals surface area contributed by atoms with Crippen LogP contribution in [0.15, 0.2) is 42.5 Å². The molecule has 24 heavy (non-hydrogen) atoms. The maximum absolute atomic E-state index is 12.0. The number of anilines is 1. The van der Waals surface area contributed by atoms with Crippen LogP contribution in [-0.4, -0.2) is 25.5 Å². The van der Waals surface area contributed by atoms with E-state index in [0.717, 1.165) is 16.8 Å². The summed E-state index contributed by atoms with van der Waals surface area (Å²) < 4.78 is 5.09. The molecule has 126 valence electrons. The minimum absolute atomic E-state index is 0.132. The number of carbonyl (C=O) groups excluding carboxylic acids is 2. The van der Waals surface area contributed by atoms with Crippen LogP contribution in [0, 0.1) is 13.8 Å². The molecule has 0 aromatic heterocycles. The quantitative estimate of drug-likeness (QED) is 0.857. The van der Waals surface area contributed by atoms with E-state index in [1.807, 2.05) is 32.0 Å². The molecule has 2 N–H and O–H groups in total. The lowest BCUT2D eigenvalue weighted by Gasteiger charge is -2.10. The smallest absolute Gasteiger partial charge is 0.251 e. The van der Waals surface area contributed by atoms with Gasteiger partial charge in [-0.3, -0.25) is 9.59 Å². The van der Waals surface area contributed by atoms with E-state index < -0.39 is 0 Å². The molecule has 2 rings (SSSR count).